The van der Waals surface area contributed by atoms with Gasteiger partial charge in [-0.25, -0.2) is 10.1 Å². The van der Waals surface area contributed by atoms with Crippen LogP contribution >= 0.6 is 34.8 Å². The molecule has 2 N–H and O–H groups in total. The van der Waals surface area contributed by atoms with Crippen LogP contribution in [0.2, 0.25) is 15.1 Å². The van der Waals surface area contributed by atoms with Gasteiger partial charge in [-0.05, 0) is 43.7 Å². The van der Waals surface area contributed by atoms with Crippen LogP contribution < -0.4 is 10.9 Å². The highest BCUT2D eigenvalue weighted by Crippen LogP contribution is 2.33. The van der Waals surface area contributed by atoms with Crippen molar-refractivity contribution in [3.8, 4) is 16.9 Å². The van der Waals surface area contributed by atoms with Gasteiger partial charge >= 0.3 is 0 Å². The van der Waals surface area contributed by atoms with Crippen molar-refractivity contribution in [3.63, 3.8) is 0 Å². The number of rotatable bonds is 8. The van der Waals surface area contributed by atoms with Crippen LogP contribution in [0.5, 0.6) is 0 Å². The van der Waals surface area contributed by atoms with Crippen molar-refractivity contribution in [2.75, 3.05) is 6.54 Å². The lowest BCUT2D eigenvalue weighted by Crippen LogP contribution is -2.38. The first-order valence-electron chi connectivity index (χ1n) is 9.76. The van der Waals surface area contributed by atoms with Gasteiger partial charge in [-0.2, -0.15) is 5.10 Å². The van der Waals surface area contributed by atoms with Gasteiger partial charge < -0.3 is 0 Å². The van der Waals surface area contributed by atoms with Gasteiger partial charge in [0.2, 0.25) is 0 Å². The zero-order valence-electron chi connectivity index (χ0n) is 16.8. The summed E-state index contributed by atoms with van der Waals surface area (Å²) < 4.78 is 1.67. The Labute approximate surface area is 191 Å². The van der Waals surface area contributed by atoms with Crippen molar-refractivity contribution < 1.29 is 4.79 Å². The number of nitrogens with zero attached hydrogens (tertiary/aromatic N) is 2. The number of hydrazine groups is 1. The molecule has 0 saturated heterocycles. The predicted molar refractivity (Wildman–Crippen MR) is 124 cm³/mol. The topological polar surface area (TPSA) is 58.9 Å². The third kappa shape index (κ3) is 5.16. The zero-order chi connectivity index (χ0) is 21.7. The largest absolute Gasteiger partial charge is 0.286 e. The summed E-state index contributed by atoms with van der Waals surface area (Å²) in [5.74, 6) is -0.303. The lowest BCUT2D eigenvalue weighted by molar-refractivity contribution is 0.0927. The number of carbonyl (C=O) groups excluding carboxylic acids is 1. The van der Waals surface area contributed by atoms with Gasteiger partial charge in [0.15, 0.2) is 5.69 Å². The van der Waals surface area contributed by atoms with Crippen LogP contribution in [0.3, 0.4) is 0 Å². The average molecular weight is 466 g/mol. The van der Waals surface area contributed by atoms with E-state index in [1.54, 1.807) is 35.0 Å². The highest BCUT2D eigenvalue weighted by atomic mass is 35.5. The molecular formula is C22H23Cl3N4O. The summed E-state index contributed by atoms with van der Waals surface area (Å²) in [5.41, 5.74) is 9.00. The second-order valence-corrected chi connectivity index (χ2v) is 8.20. The average Bonchev–Trinajstić information content (AvgIpc) is 3.05. The monoisotopic (exact) mass is 464 g/mol. The van der Waals surface area contributed by atoms with Gasteiger partial charge in [0.1, 0.15) is 0 Å². The molecule has 0 saturated carbocycles. The first-order chi connectivity index (χ1) is 14.4. The van der Waals surface area contributed by atoms with E-state index in [-0.39, 0.29) is 5.91 Å². The first-order valence-corrected chi connectivity index (χ1v) is 10.9. The predicted octanol–water partition coefficient (Wildman–Crippen LogP) is 6.23. The maximum absolute atomic E-state index is 12.8. The molecule has 0 radical (unpaired) electrons. The van der Waals surface area contributed by atoms with Gasteiger partial charge in [0.25, 0.3) is 5.91 Å². The molecule has 158 valence electrons. The summed E-state index contributed by atoms with van der Waals surface area (Å²) in [4.78, 5) is 12.8. The first kappa shape index (κ1) is 22.6. The molecule has 0 fully saturated rings. The van der Waals surface area contributed by atoms with Crippen molar-refractivity contribution in [2.45, 2.75) is 33.1 Å². The number of unbranched alkanes of at least 4 members (excludes halogenated alkanes) is 2. The summed E-state index contributed by atoms with van der Waals surface area (Å²) in [7, 11) is 0. The van der Waals surface area contributed by atoms with Crippen LogP contribution in [0, 0.1) is 6.92 Å². The molecule has 1 aromatic heterocycles. The molecule has 1 amide bonds. The molecule has 2 aromatic carbocycles. The summed E-state index contributed by atoms with van der Waals surface area (Å²) in [5, 5.41) is 6.17. The minimum absolute atomic E-state index is 0.303. The Morgan fingerprint density at radius 1 is 1.03 bits per heavy atom. The van der Waals surface area contributed by atoms with E-state index in [0.717, 1.165) is 36.1 Å². The number of halogens is 3. The minimum Gasteiger partial charge on any atom is -0.286 e. The summed E-state index contributed by atoms with van der Waals surface area (Å²) in [6.45, 7) is 4.70. The number of amides is 1. The second-order valence-electron chi connectivity index (χ2n) is 6.92. The molecular weight excluding hydrogens is 443 g/mol. The fourth-order valence-corrected chi connectivity index (χ4v) is 3.77. The molecule has 0 aliphatic rings. The molecule has 1 heterocycles. The van der Waals surface area contributed by atoms with Crippen molar-refractivity contribution in [1.82, 2.24) is 20.6 Å². The quantitative estimate of drug-likeness (QED) is 0.306. The van der Waals surface area contributed by atoms with Gasteiger partial charge in [-0.15, -0.1) is 0 Å². The zero-order valence-corrected chi connectivity index (χ0v) is 19.1. The SMILES string of the molecule is CCCCCNNC(=O)c1nn(-c2ccc(Cl)cc2Cl)c(-c2ccc(Cl)cc2)c1C. The van der Waals surface area contributed by atoms with Crippen LogP contribution in [-0.4, -0.2) is 22.2 Å². The van der Waals surface area contributed by atoms with E-state index < -0.39 is 0 Å². The van der Waals surface area contributed by atoms with Crippen molar-refractivity contribution in [1.29, 1.82) is 0 Å². The van der Waals surface area contributed by atoms with Crippen LogP contribution in [0.4, 0.5) is 0 Å². The highest BCUT2D eigenvalue weighted by Gasteiger charge is 2.23. The molecule has 30 heavy (non-hydrogen) atoms. The standard InChI is InChI=1S/C22H23Cl3N4O/c1-3-4-5-12-26-27-22(30)20-14(2)21(15-6-8-16(23)9-7-15)29(28-20)19-11-10-17(24)13-18(19)25/h6-11,13,26H,3-5,12H2,1-2H3,(H,27,30). The van der Waals surface area contributed by atoms with E-state index in [4.69, 9.17) is 34.8 Å². The maximum Gasteiger partial charge on any atom is 0.286 e. The van der Waals surface area contributed by atoms with E-state index in [0.29, 0.717) is 33.0 Å². The van der Waals surface area contributed by atoms with E-state index in [2.05, 4.69) is 22.9 Å². The van der Waals surface area contributed by atoms with Crippen molar-refractivity contribution >= 4 is 40.7 Å². The second kappa shape index (κ2) is 10.3. The van der Waals surface area contributed by atoms with Crippen LogP contribution in [0.25, 0.3) is 16.9 Å². The third-order valence-electron chi connectivity index (χ3n) is 4.70. The Hall–Kier alpha value is -2.05. The molecule has 0 bridgehead atoms. The summed E-state index contributed by atoms with van der Waals surface area (Å²) >= 11 is 18.6. The highest BCUT2D eigenvalue weighted by molar-refractivity contribution is 6.35. The lowest BCUT2D eigenvalue weighted by atomic mass is 10.1. The lowest BCUT2D eigenvalue weighted by Gasteiger charge is -2.11. The molecule has 0 unspecified atom stereocenters. The number of benzene rings is 2. The fourth-order valence-electron chi connectivity index (χ4n) is 3.15. The normalized spacial score (nSPS) is 11.0. The summed E-state index contributed by atoms with van der Waals surface area (Å²) in [6, 6.07) is 12.5. The third-order valence-corrected chi connectivity index (χ3v) is 5.49. The number of nitrogens with one attached hydrogen (secondary N) is 2. The Balaban J connectivity index is 2.01. The molecule has 0 atom stereocenters. The molecule has 8 heteroatoms. The molecule has 0 aliphatic heterocycles. The van der Waals surface area contributed by atoms with Gasteiger partial charge in [0.05, 0.1) is 16.4 Å². The Kier molecular flexibility index (Phi) is 7.78. The van der Waals surface area contributed by atoms with Crippen LogP contribution in [0.15, 0.2) is 42.5 Å². The van der Waals surface area contributed by atoms with Crippen LogP contribution in [0.1, 0.15) is 42.2 Å². The Bertz CT molecular complexity index is 1030. The molecule has 0 aliphatic carbocycles. The molecule has 3 rings (SSSR count). The molecule has 5 nitrogen and oxygen atoms in total. The number of hydrogen-bond acceptors (Lipinski definition) is 3. The van der Waals surface area contributed by atoms with E-state index in [1.165, 1.54) is 0 Å². The van der Waals surface area contributed by atoms with E-state index in [1.807, 2.05) is 19.1 Å². The van der Waals surface area contributed by atoms with E-state index in [9.17, 15) is 4.79 Å². The molecule has 0 spiro atoms. The van der Waals surface area contributed by atoms with Crippen LogP contribution in [-0.2, 0) is 0 Å². The maximum atomic E-state index is 12.8. The number of hydrogen-bond donors (Lipinski definition) is 2. The van der Waals surface area contributed by atoms with Gasteiger partial charge in [0, 0.05) is 27.7 Å². The number of aromatic nitrogens is 2. The smallest absolute Gasteiger partial charge is 0.286 e. The Morgan fingerprint density at radius 2 is 1.73 bits per heavy atom. The number of carbonyl (C=O) groups is 1. The molecule has 3 aromatic rings. The Morgan fingerprint density at radius 3 is 2.40 bits per heavy atom. The van der Waals surface area contributed by atoms with Crippen molar-refractivity contribution in [3.05, 3.63) is 68.8 Å². The summed E-state index contributed by atoms with van der Waals surface area (Å²) in [6.07, 6.45) is 3.21. The minimum atomic E-state index is -0.303. The van der Waals surface area contributed by atoms with E-state index >= 15 is 0 Å². The van der Waals surface area contributed by atoms with Gasteiger partial charge in [-0.1, -0.05) is 66.7 Å². The van der Waals surface area contributed by atoms with Crippen molar-refractivity contribution in [2.24, 2.45) is 0 Å². The van der Waals surface area contributed by atoms with Gasteiger partial charge in [-0.3, -0.25) is 10.2 Å². The fraction of sp³-hybridized carbons (Fsp3) is 0.273.